The molecule has 96 valence electrons. The summed E-state index contributed by atoms with van der Waals surface area (Å²) in [6, 6.07) is 0.787. The van der Waals surface area contributed by atoms with E-state index in [0.717, 1.165) is 12.6 Å². The Morgan fingerprint density at radius 1 is 1.25 bits per heavy atom. The van der Waals surface area contributed by atoms with Crippen molar-refractivity contribution in [1.29, 1.82) is 0 Å². The molecule has 0 aromatic heterocycles. The molecule has 16 heavy (non-hydrogen) atoms. The fraction of sp³-hybridized carbons (Fsp3) is 1.00. The lowest BCUT2D eigenvalue weighted by molar-refractivity contribution is 0.0839. The average Bonchev–Trinajstić information content (AvgIpc) is 2.81. The number of hydrogen-bond donors (Lipinski definition) is 1. The van der Waals surface area contributed by atoms with E-state index in [9.17, 15) is 0 Å². The molecule has 1 saturated carbocycles. The molecule has 0 amide bonds. The third kappa shape index (κ3) is 3.46. The summed E-state index contributed by atoms with van der Waals surface area (Å²) in [5.74, 6) is 0. The van der Waals surface area contributed by atoms with Gasteiger partial charge < -0.3 is 5.73 Å². The van der Waals surface area contributed by atoms with Crippen LogP contribution in [0.5, 0.6) is 0 Å². The highest BCUT2D eigenvalue weighted by atomic mass is 15.2. The predicted molar refractivity (Wildman–Crippen MR) is 71.6 cm³/mol. The van der Waals surface area contributed by atoms with Crippen molar-refractivity contribution >= 4 is 0 Å². The van der Waals surface area contributed by atoms with E-state index in [1.807, 2.05) is 0 Å². The van der Waals surface area contributed by atoms with Crippen molar-refractivity contribution in [2.45, 2.75) is 76.8 Å². The van der Waals surface area contributed by atoms with Crippen LogP contribution in [0.1, 0.15) is 65.2 Å². The average molecular weight is 226 g/mol. The minimum absolute atomic E-state index is 0.226. The van der Waals surface area contributed by atoms with E-state index in [1.165, 1.54) is 51.4 Å². The van der Waals surface area contributed by atoms with Crippen LogP contribution in [0, 0.1) is 0 Å². The zero-order chi connectivity index (χ0) is 12.0. The van der Waals surface area contributed by atoms with Crippen LogP contribution in [0.15, 0.2) is 0 Å². The monoisotopic (exact) mass is 226 g/mol. The lowest BCUT2D eigenvalue weighted by Crippen LogP contribution is -2.53. The summed E-state index contributed by atoms with van der Waals surface area (Å²) in [6.07, 6.45) is 10.8. The Labute approximate surface area is 102 Å². The lowest BCUT2D eigenvalue weighted by atomic mass is 9.91. The molecule has 0 bridgehead atoms. The molecule has 2 heteroatoms. The van der Waals surface area contributed by atoms with Crippen LogP contribution in [0.2, 0.25) is 0 Å². The zero-order valence-corrected chi connectivity index (χ0v) is 11.5. The van der Waals surface area contributed by atoms with Gasteiger partial charge in [0.2, 0.25) is 0 Å². The molecular weight excluding hydrogens is 196 g/mol. The first-order chi connectivity index (χ1) is 7.64. The largest absolute Gasteiger partial charge is 0.329 e. The van der Waals surface area contributed by atoms with Crippen LogP contribution >= 0.6 is 0 Å². The van der Waals surface area contributed by atoms with Gasteiger partial charge in [0.1, 0.15) is 0 Å². The Balaban J connectivity index is 2.48. The Kier molecular flexibility index (Phi) is 5.77. The Morgan fingerprint density at radius 2 is 1.88 bits per heavy atom. The number of nitrogens with zero attached hydrogens (tertiary/aromatic N) is 1. The maximum Gasteiger partial charge on any atom is 0.0303 e. The second-order valence-electron chi connectivity index (χ2n) is 5.71. The van der Waals surface area contributed by atoms with Crippen molar-refractivity contribution in [2.75, 3.05) is 13.6 Å². The fourth-order valence-corrected chi connectivity index (χ4v) is 2.91. The summed E-state index contributed by atoms with van der Waals surface area (Å²) in [5, 5.41) is 0. The summed E-state index contributed by atoms with van der Waals surface area (Å²) in [5.41, 5.74) is 6.24. The van der Waals surface area contributed by atoms with Gasteiger partial charge in [-0.1, -0.05) is 39.0 Å². The van der Waals surface area contributed by atoms with Crippen molar-refractivity contribution in [3.05, 3.63) is 0 Å². The highest BCUT2D eigenvalue weighted by molar-refractivity contribution is 4.90. The molecule has 1 fully saturated rings. The van der Waals surface area contributed by atoms with Crippen molar-refractivity contribution < 1.29 is 0 Å². The van der Waals surface area contributed by atoms with Gasteiger partial charge in [-0.15, -0.1) is 0 Å². The molecule has 2 N–H and O–H groups in total. The highest BCUT2D eigenvalue weighted by Crippen LogP contribution is 2.30. The number of hydrogen-bond acceptors (Lipinski definition) is 2. The standard InChI is InChI=1S/C14H30N2/c1-4-5-8-11-14(2,12-15)16(3)13-9-6-7-10-13/h13H,4-12,15H2,1-3H3. The normalized spacial score (nSPS) is 21.6. The van der Waals surface area contributed by atoms with E-state index < -0.39 is 0 Å². The third-order valence-corrected chi connectivity index (χ3v) is 4.48. The Bertz CT molecular complexity index is 187. The van der Waals surface area contributed by atoms with Crippen molar-refractivity contribution in [3.63, 3.8) is 0 Å². The van der Waals surface area contributed by atoms with Crippen LogP contribution in [-0.2, 0) is 0 Å². The molecule has 0 heterocycles. The van der Waals surface area contributed by atoms with Crippen LogP contribution < -0.4 is 5.73 Å². The molecular formula is C14H30N2. The molecule has 0 aromatic rings. The van der Waals surface area contributed by atoms with Crippen LogP contribution in [0.25, 0.3) is 0 Å². The molecule has 0 radical (unpaired) electrons. The molecule has 0 aliphatic heterocycles. The first-order valence-corrected chi connectivity index (χ1v) is 7.07. The Hall–Kier alpha value is -0.0800. The van der Waals surface area contributed by atoms with Gasteiger partial charge in [-0.2, -0.15) is 0 Å². The van der Waals surface area contributed by atoms with Crippen molar-refractivity contribution in [1.82, 2.24) is 4.90 Å². The number of rotatable bonds is 7. The van der Waals surface area contributed by atoms with E-state index >= 15 is 0 Å². The van der Waals surface area contributed by atoms with Crippen LogP contribution in [0.4, 0.5) is 0 Å². The SMILES string of the molecule is CCCCCC(C)(CN)N(C)C1CCCC1. The van der Waals surface area contributed by atoms with Gasteiger partial charge in [-0.05, 0) is 33.2 Å². The van der Waals surface area contributed by atoms with Gasteiger partial charge in [0, 0.05) is 18.1 Å². The smallest absolute Gasteiger partial charge is 0.0303 e. The second-order valence-corrected chi connectivity index (χ2v) is 5.71. The first kappa shape index (κ1) is 14.0. The van der Waals surface area contributed by atoms with Gasteiger partial charge in [0.05, 0.1) is 0 Å². The number of unbranched alkanes of at least 4 members (excludes halogenated alkanes) is 2. The van der Waals surface area contributed by atoms with Crippen LogP contribution in [-0.4, -0.2) is 30.1 Å². The van der Waals surface area contributed by atoms with Gasteiger partial charge in [-0.3, -0.25) is 4.90 Å². The minimum atomic E-state index is 0.226. The maximum absolute atomic E-state index is 6.02. The first-order valence-electron chi connectivity index (χ1n) is 7.07. The number of nitrogens with two attached hydrogens (primary N) is 1. The van der Waals surface area contributed by atoms with Gasteiger partial charge in [0.15, 0.2) is 0 Å². The van der Waals surface area contributed by atoms with Gasteiger partial charge >= 0.3 is 0 Å². The van der Waals surface area contributed by atoms with E-state index in [0.29, 0.717) is 0 Å². The van der Waals surface area contributed by atoms with Gasteiger partial charge in [0.25, 0.3) is 0 Å². The molecule has 1 unspecified atom stereocenters. The summed E-state index contributed by atoms with van der Waals surface area (Å²) in [7, 11) is 2.29. The second kappa shape index (κ2) is 6.61. The summed E-state index contributed by atoms with van der Waals surface area (Å²) in [6.45, 7) is 5.41. The van der Waals surface area contributed by atoms with E-state index in [2.05, 4.69) is 25.8 Å². The quantitative estimate of drug-likeness (QED) is 0.676. The molecule has 1 atom stereocenters. The fourth-order valence-electron chi connectivity index (χ4n) is 2.91. The molecule has 0 spiro atoms. The summed E-state index contributed by atoms with van der Waals surface area (Å²) in [4.78, 5) is 2.58. The van der Waals surface area contributed by atoms with E-state index in [1.54, 1.807) is 0 Å². The lowest BCUT2D eigenvalue weighted by Gasteiger charge is -2.42. The summed E-state index contributed by atoms with van der Waals surface area (Å²) < 4.78 is 0. The molecule has 2 nitrogen and oxygen atoms in total. The Morgan fingerprint density at radius 3 is 2.38 bits per heavy atom. The molecule has 1 aliphatic carbocycles. The van der Waals surface area contributed by atoms with Crippen molar-refractivity contribution in [3.8, 4) is 0 Å². The molecule has 1 aliphatic rings. The third-order valence-electron chi connectivity index (χ3n) is 4.48. The predicted octanol–water partition coefficient (Wildman–Crippen LogP) is 3.16. The van der Waals surface area contributed by atoms with Crippen LogP contribution in [0.3, 0.4) is 0 Å². The topological polar surface area (TPSA) is 29.3 Å². The van der Waals surface area contributed by atoms with E-state index in [-0.39, 0.29) is 5.54 Å². The van der Waals surface area contributed by atoms with Gasteiger partial charge in [-0.25, -0.2) is 0 Å². The van der Waals surface area contributed by atoms with E-state index in [4.69, 9.17) is 5.73 Å². The minimum Gasteiger partial charge on any atom is -0.329 e. The number of likely N-dealkylation sites (N-methyl/N-ethyl adjacent to an activating group) is 1. The molecule has 0 saturated heterocycles. The summed E-state index contributed by atoms with van der Waals surface area (Å²) >= 11 is 0. The molecule has 1 rings (SSSR count). The maximum atomic E-state index is 6.02. The van der Waals surface area contributed by atoms with Crippen molar-refractivity contribution in [2.24, 2.45) is 5.73 Å². The molecule has 0 aromatic carbocycles. The highest BCUT2D eigenvalue weighted by Gasteiger charge is 2.33. The zero-order valence-electron chi connectivity index (χ0n) is 11.5.